The molecule has 0 aliphatic carbocycles. The van der Waals surface area contributed by atoms with E-state index in [0.29, 0.717) is 23.9 Å². The van der Waals surface area contributed by atoms with Crippen molar-refractivity contribution in [3.8, 4) is 11.8 Å². The van der Waals surface area contributed by atoms with Crippen LogP contribution in [-0.4, -0.2) is 50.9 Å². The molecule has 0 radical (unpaired) electrons. The van der Waals surface area contributed by atoms with Gasteiger partial charge in [-0.2, -0.15) is 5.26 Å². The van der Waals surface area contributed by atoms with Crippen LogP contribution in [0.4, 0.5) is 0 Å². The second-order valence-electron chi connectivity index (χ2n) is 5.48. The second-order valence-corrected chi connectivity index (χ2v) is 5.48. The molecule has 3 rings (SSSR count). The monoisotopic (exact) mass is 325 g/mol. The molecule has 1 aromatic carbocycles. The Hall–Kier alpha value is -3.21. The highest BCUT2D eigenvalue weighted by atomic mass is 16.3. The number of carbonyl (C=O) groups excluding carboxylic acids is 2. The maximum absolute atomic E-state index is 12.3. The number of nitriles is 1. The molecular weight excluding hydrogens is 310 g/mol. The average molecular weight is 325 g/mol. The third-order valence-corrected chi connectivity index (χ3v) is 3.96. The first-order chi connectivity index (χ1) is 11.6. The number of nitrogens with one attached hydrogen (secondary N) is 1. The van der Waals surface area contributed by atoms with E-state index in [9.17, 15) is 14.7 Å². The van der Waals surface area contributed by atoms with Crippen LogP contribution < -0.4 is 5.32 Å². The Morgan fingerprint density at radius 2 is 2.25 bits per heavy atom. The molecule has 2 N–H and O–H groups in total. The molecular formula is C16H15N5O3. The number of hydrogen-bond donors (Lipinski definition) is 2. The van der Waals surface area contributed by atoms with Crippen LogP contribution in [0.15, 0.2) is 24.5 Å². The van der Waals surface area contributed by atoms with E-state index >= 15 is 0 Å². The van der Waals surface area contributed by atoms with Crippen molar-refractivity contribution in [2.75, 3.05) is 13.1 Å². The number of aromatic hydroxyl groups is 1. The minimum Gasteiger partial charge on any atom is -0.508 e. The second kappa shape index (κ2) is 6.50. The highest BCUT2D eigenvalue weighted by Gasteiger charge is 2.28. The Bertz CT molecular complexity index is 845. The summed E-state index contributed by atoms with van der Waals surface area (Å²) in [5, 5.41) is 21.5. The largest absolute Gasteiger partial charge is 0.508 e. The third-order valence-electron chi connectivity index (χ3n) is 3.96. The normalized spacial score (nSPS) is 16.8. The highest BCUT2D eigenvalue weighted by molar-refractivity contribution is 6.05. The molecule has 0 bridgehead atoms. The van der Waals surface area contributed by atoms with Crippen LogP contribution in [0.1, 0.15) is 23.3 Å². The van der Waals surface area contributed by atoms with Crippen molar-refractivity contribution in [1.82, 2.24) is 20.2 Å². The van der Waals surface area contributed by atoms with Gasteiger partial charge in [-0.25, -0.2) is 9.97 Å². The number of rotatable bonds is 3. The van der Waals surface area contributed by atoms with Crippen molar-refractivity contribution in [3.05, 3.63) is 30.2 Å². The van der Waals surface area contributed by atoms with Crippen LogP contribution in [0.25, 0.3) is 10.9 Å². The Morgan fingerprint density at radius 3 is 3.04 bits per heavy atom. The van der Waals surface area contributed by atoms with Gasteiger partial charge in [-0.05, 0) is 31.0 Å². The third kappa shape index (κ3) is 2.96. The number of fused-ring (bicyclic) bond motifs is 1. The lowest BCUT2D eigenvalue weighted by molar-refractivity contribution is -0.130. The SMILES string of the molecule is N#C[C@@H]1CCCN1C(=O)CNC(=O)c1ncnc2ccc(O)cc12. The minimum atomic E-state index is -0.533. The number of carbonyl (C=O) groups is 2. The number of aromatic nitrogens is 2. The van der Waals surface area contributed by atoms with Crippen molar-refractivity contribution >= 4 is 22.7 Å². The van der Waals surface area contributed by atoms with Gasteiger partial charge in [0.15, 0.2) is 0 Å². The molecule has 2 aromatic rings. The van der Waals surface area contributed by atoms with E-state index in [4.69, 9.17) is 5.26 Å². The Kier molecular flexibility index (Phi) is 4.24. The van der Waals surface area contributed by atoms with Gasteiger partial charge in [0.25, 0.3) is 5.91 Å². The van der Waals surface area contributed by atoms with Gasteiger partial charge < -0.3 is 15.3 Å². The maximum atomic E-state index is 12.3. The lowest BCUT2D eigenvalue weighted by atomic mass is 10.1. The van der Waals surface area contributed by atoms with E-state index in [2.05, 4.69) is 21.4 Å². The van der Waals surface area contributed by atoms with E-state index in [0.717, 1.165) is 6.42 Å². The molecule has 8 nitrogen and oxygen atoms in total. The first-order valence-electron chi connectivity index (χ1n) is 7.51. The van der Waals surface area contributed by atoms with Crippen LogP contribution in [0.3, 0.4) is 0 Å². The van der Waals surface area contributed by atoms with E-state index in [1.54, 1.807) is 6.07 Å². The molecule has 2 amide bonds. The van der Waals surface area contributed by atoms with Crippen LogP contribution in [0.5, 0.6) is 5.75 Å². The zero-order chi connectivity index (χ0) is 17.1. The van der Waals surface area contributed by atoms with Gasteiger partial charge >= 0.3 is 0 Å². The smallest absolute Gasteiger partial charge is 0.271 e. The van der Waals surface area contributed by atoms with Gasteiger partial charge in [-0.1, -0.05) is 0 Å². The van der Waals surface area contributed by atoms with Gasteiger partial charge in [-0.15, -0.1) is 0 Å². The zero-order valence-corrected chi connectivity index (χ0v) is 12.8. The quantitative estimate of drug-likeness (QED) is 0.852. The molecule has 1 saturated heterocycles. The Morgan fingerprint density at radius 1 is 1.42 bits per heavy atom. The minimum absolute atomic E-state index is 0.00337. The predicted octanol–water partition coefficient (Wildman–Crippen LogP) is 0.580. The number of hydrogen-bond acceptors (Lipinski definition) is 6. The molecule has 122 valence electrons. The fraction of sp³-hybridized carbons (Fsp3) is 0.312. The summed E-state index contributed by atoms with van der Waals surface area (Å²) in [6, 6.07) is 6.11. The van der Waals surface area contributed by atoms with Gasteiger partial charge in [0.2, 0.25) is 5.91 Å². The number of nitrogens with zero attached hydrogens (tertiary/aromatic N) is 4. The van der Waals surface area contributed by atoms with E-state index < -0.39 is 11.9 Å². The standard InChI is InChI=1S/C16H15N5O3/c17-7-10-2-1-5-21(10)14(23)8-18-16(24)15-12-6-11(22)3-4-13(12)19-9-20-15/h3-4,6,9-10,22H,1-2,5,8H2,(H,18,24)/t10-/m0/s1. The molecule has 8 heteroatoms. The summed E-state index contributed by atoms with van der Waals surface area (Å²) >= 11 is 0. The fourth-order valence-corrected chi connectivity index (χ4v) is 2.77. The highest BCUT2D eigenvalue weighted by Crippen LogP contribution is 2.20. The van der Waals surface area contributed by atoms with Crippen molar-refractivity contribution in [2.45, 2.75) is 18.9 Å². The molecule has 1 aromatic heterocycles. The molecule has 1 aliphatic heterocycles. The molecule has 1 fully saturated rings. The predicted molar refractivity (Wildman–Crippen MR) is 83.9 cm³/mol. The lowest BCUT2D eigenvalue weighted by Crippen LogP contribution is -2.42. The van der Waals surface area contributed by atoms with Crippen molar-refractivity contribution in [1.29, 1.82) is 5.26 Å². The Balaban J connectivity index is 1.73. The maximum Gasteiger partial charge on any atom is 0.271 e. The number of likely N-dealkylation sites (tertiary alicyclic amines) is 1. The lowest BCUT2D eigenvalue weighted by Gasteiger charge is -2.19. The van der Waals surface area contributed by atoms with Gasteiger partial charge in [0, 0.05) is 11.9 Å². The van der Waals surface area contributed by atoms with Crippen LogP contribution in [-0.2, 0) is 4.79 Å². The molecule has 0 unspecified atom stereocenters. The van der Waals surface area contributed by atoms with E-state index in [-0.39, 0.29) is 23.9 Å². The summed E-state index contributed by atoms with van der Waals surface area (Å²) in [6.07, 6.45) is 2.70. The zero-order valence-electron chi connectivity index (χ0n) is 12.8. The summed E-state index contributed by atoms with van der Waals surface area (Å²) in [6.45, 7) is 0.318. The molecule has 1 aliphatic rings. The first kappa shape index (κ1) is 15.7. The molecule has 2 heterocycles. The summed E-state index contributed by atoms with van der Waals surface area (Å²) in [7, 11) is 0. The van der Waals surface area contributed by atoms with Crippen LogP contribution >= 0.6 is 0 Å². The van der Waals surface area contributed by atoms with Crippen molar-refractivity contribution < 1.29 is 14.7 Å². The number of phenolic OH excluding ortho intramolecular Hbond substituents is 1. The fourth-order valence-electron chi connectivity index (χ4n) is 2.77. The number of phenols is 1. The number of amides is 2. The number of benzene rings is 1. The van der Waals surface area contributed by atoms with Crippen molar-refractivity contribution in [3.63, 3.8) is 0 Å². The van der Waals surface area contributed by atoms with Crippen LogP contribution in [0.2, 0.25) is 0 Å². The Labute approximate surface area is 137 Å². The summed E-state index contributed by atoms with van der Waals surface area (Å²) in [4.78, 5) is 33.9. The van der Waals surface area contributed by atoms with E-state index in [1.165, 1.54) is 23.4 Å². The summed E-state index contributed by atoms with van der Waals surface area (Å²) in [5.41, 5.74) is 0.602. The summed E-state index contributed by atoms with van der Waals surface area (Å²) in [5.74, 6) is -0.834. The molecule has 1 atom stereocenters. The molecule has 0 spiro atoms. The van der Waals surface area contributed by atoms with E-state index in [1.807, 2.05) is 0 Å². The van der Waals surface area contributed by atoms with Gasteiger partial charge in [-0.3, -0.25) is 9.59 Å². The average Bonchev–Trinajstić information content (AvgIpc) is 3.07. The topological polar surface area (TPSA) is 119 Å². The first-order valence-corrected chi connectivity index (χ1v) is 7.51. The van der Waals surface area contributed by atoms with Gasteiger partial charge in [0.05, 0.1) is 18.1 Å². The van der Waals surface area contributed by atoms with Crippen LogP contribution in [0, 0.1) is 11.3 Å². The van der Waals surface area contributed by atoms with Crippen molar-refractivity contribution in [2.24, 2.45) is 0 Å². The summed E-state index contributed by atoms with van der Waals surface area (Å²) < 4.78 is 0. The molecule has 24 heavy (non-hydrogen) atoms. The van der Waals surface area contributed by atoms with Gasteiger partial charge in [0.1, 0.15) is 23.8 Å². The molecule has 0 saturated carbocycles.